The van der Waals surface area contributed by atoms with Crippen LogP contribution in [0, 0.1) is 0 Å². The van der Waals surface area contributed by atoms with Gasteiger partial charge >= 0.3 is 0 Å². The van der Waals surface area contributed by atoms with Crippen LogP contribution in [0.25, 0.3) is 10.8 Å². The van der Waals surface area contributed by atoms with Gasteiger partial charge in [-0.25, -0.2) is 4.98 Å². The minimum Gasteiger partial charge on any atom is -0.307 e. The molecule has 1 fully saturated rings. The SMILES string of the molecule is CC1(NCc2ccc3c(Cl)cnc(Cl)c3c2)CCCC1. The average molecular weight is 309 g/mol. The van der Waals surface area contributed by atoms with Crippen molar-refractivity contribution in [2.45, 2.75) is 44.7 Å². The predicted octanol–water partition coefficient (Wildman–Crippen LogP) is 4.96. The number of nitrogens with zero attached hydrogens (tertiary/aromatic N) is 1. The van der Waals surface area contributed by atoms with Crippen molar-refractivity contribution >= 4 is 34.0 Å². The Labute approximate surface area is 129 Å². The van der Waals surface area contributed by atoms with E-state index >= 15 is 0 Å². The normalized spacial score (nSPS) is 17.8. The van der Waals surface area contributed by atoms with E-state index in [2.05, 4.69) is 29.4 Å². The molecule has 0 spiro atoms. The maximum atomic E-state index is 6.17. The van der Waals surface area contributed by atoms with Crippen molar-refractivity contribution in [2.24, 2.45) is 0 Å². The van der Waals surface area contributed by atoms with Crippen LogP contribution in [0.5, 0.6) is 0 Å². The molecular weight excluding hydrogens is 291 g/mol. The summed E-state index contributed by atoms with van der Waals surface area (Å²) in [6.45, 7) is 3.17. The van der Waals surface area contributed by atoms with Crippen molar-refractivity contribution < 1.29 is 0 Å². The highest BCUT2D eigenvalue weighted by Crippen LogP contribution is 2.31. The molecule has 4 heteroatoms. The lowest BCUT2D eigenvalue weighted by Crippen LogP contribution is -2.38. The number of benzene rings is 1. The number of aromatic nitrogens is 1. The molecule has 1 N–H and O–H groups in total. The third-order valence-electron chi connectivity index (χ3n) is 4.28. The number of hydrogen-bond acceptors (Lipinski definition) is 2. The van der Waals surface area contributed by atoms with E-state index in [4.69, 9.17) is 23.2 Å². The third kappa shape index (κ3) is 2.78. The molecule has 1 aliphatic rings. The van der Waals surface area contributed by atoms with Crippen LogP contribution in [0.4, 0.5) is 0 Å². The van der Waals surface area contributed by atoms with Crippen LogP contribution in [0.2, 0.25) is 10.2 Å². The number of hydrogen-bond donors (Lipinski definition) is 1. The Hall–Kier alpha value is -0.830. The number of halogens is 2. The fourth-order valence-corrected chi connectivity index (χ4v) is 3.40. The number of pyridine rings is 1. The second-order valence-corrected chi connectivity index (χ2v) is 6.66. The number of fused-ring (bicyclic) bond motifs is 1. The first-order valence-corrected chi connectivity index (χ1v) is 7.81. The highest BCUT2D eigenvalue weighted by atomic mass is 35.5. The van der Waals surface area contributed by atoms with Crippen LogP contribution in [0.1, 0.15) is 38.2 Å². The minimum absolute atomic E-state index is 0.283. The van der Waals surface area contributed by atoms with Crippen LogP contribution in [-0.2, 0) is 6.54 Å². The predicted molar refractivity (Wildman–Crippen MR) is 85.5 cm³/mol. The van der Waals surface area contributed by atoms with Gasteiger partial charge < -0.3 is 5.32 Å². The second kappa shape index (κ2) is 5.51. The summed E-state index contributed by atoms with van der Waals surface area (Å²) in [6, 6.07) is 6.22. The Bertz CT molecular complexity index is 634. The van der Waals surface area contributed by atoms with Gasteiger partial charge in [0.05, 0.1) is 5.02 Å². The molecule has 0 unspecified atom stereocenters. The summed E-state index contributed by atoms with van der Waals surface area (Å²) in [4.78, 5) is 4.11. The molecule has 0 saturated heterocycles. The van der Waals surface area contributed by atoms with Crippen LogP contribution in [-0.4, -0.2) is 10.5 Å². The first kappa shape index (κ1) is 14.1. The summed E-state index contributed by atoms with van der Waals surface area (Å²) in [7, 11) is 0. The van der Waals surface area contributed by atoms with Gasteiger partial charge in [0.2, 0.25) is 0 Å². The number of rotatable bonds is 3. The van der Waals surface area contributed by atoms with Crippen molar-refractivity contribution in [3.05, 3.63) is 40.1 Å². The van der Waals surface area contributed by atoms with Gasteiger partial charge in [0.15, 0.2) is 0 Å². The maximum Gasteiger partial charge on any atom is 0.136 e. The molecule has 0 bridgehead atoms. The average Bonchev–Trinajstić information content (AvgIpc) is 2.88. The zero-order chi connectivity index (χ0) is 14.2. The van der Waals surface area contributed by atoms with Gasteiger partial charge in [0, 0.05) is 29.1 Å². The van der Waals surface area contributed by atoms with Crippen molar-refractivity contribution in [1.29, 1.82) is 0 Å². The lowest BCUT2D eigenvalue weighted by molar-refractivity contribution is 0.363. The molecule has 1 aromatic heterocycles. The van der Waals surface area contributed by atoms with E-state index < -0.39 is 0 Å². The monoisotopic (exact) mass is 308 g/mol. The van der Waals surface area contributed by atoms with E-state index in [1.165, 1.54) is 31.2 Å². The number of nitrogens with one attached hydrogen (secondary N) is 1. The van der Waals surface area contributed by atoms with Crippen molar-refractivity contribution in [3.63, 3.8) is 0 Å². The summed E-state index contributed by atoms with van der Waals surface area (Å²) in [6.07, 6.45) is 6.77. The zero-order valence-corrected chi connectivity index (χ0v) is 13.1. The lowest BCUT2D eigenvalue weighted by atomic mass is 10.00. The van der Waals surface area contributed by atoms with E-state index in [0.29, 0.717) is 10.2 Å². The Balaban J connectivity index is 1.84. The summed E-state index contributed by atoms with van der Waals surface area (Å²) in [5.41, 5.74) is 1.50. The quantitative estimate of drug-likeness (QED) is 0.810. The molecule has 1 heterocycles. The van der Waals surface area contributed by atoms with Gasteiger partial charge in [-0.05, 0) is 31.4 Å². The van der Waals surface area contributed by atoms with Crippen LogP contribution in [0.3, 0.4) is 0 Å². The van der Waals surface area contributed by atoms with E-state index in [1.54, 1.807) is 6.20 Å². The van der Waals surface area contributed by atoms with Gasteiger partial charge in [0.1, 0.15) is 5.15 Å². The van der Waals surface area contributed by atoms with Crippen LogP contribution >= 0.6 is 23.2 Å². The van der Waals surface area contributed by atoms with Gasteiger partial charge in [-0.2, -0.15) is 0 Å². The molecule has 20 heavy (non-hydrogen) atoms. The van der Waals surface area contributed by atoms with Crippen LogP contribution in [0.15, 0.2) is 24.4 Å². The van der Waals surface area contributed by atoms with E-state index in [0.717, 1.165) is 17.3 Å². The molecule has 0 aliphatic heterocycles. The van der Waals surface area contributed by atoms with E-state index in [-0.39, 0.29) is 5.54 Å². The molecule has 106 valence electrons. The van der Waals surface area contributed by atoms with Crippen molar-refractivity contribution in [2.75, 3.05) is 0 Å². The summed E-state index contributed by atoms with van der Waals surface area (Å²) in [5.74, 6) is 0. The summed E-state index contributed by atoms with van der Waals surface area (Å²) >= 11 is 12.3. The van der Waals surface area contributed by atoms with Gasteiger partial charge in [0.25, 0.3) is 0 Å². The largest absolute Gasteiger partial charge is 0.307 e. The minimum atomic E-state index is 0.283. The Morgan fingerprint density at radius 1 is 1.20 bits per heavy atom. The first-order chi connectivity index (χ1) is 9.57. The molecule has 2 aromatic rings. The van der Waals surface area contributed by atoms with E-state index in [9.17, 15) is 0 Å². The fourth-order valence-electron chi connectivity index (χ4n) is 2.98. The van der Waals surface area contributed by atoms with Gasteiger partial charge in [-0.3, -0.25) is 0 Å². The molecule has 1 aliphatic carbocycles. The highest BCUT2D eigenvalue weighted by molar-refractivity contribution is 6.39. The molecule has 3 rings (SSSR count). The Morgan fingerprint density at radius 2 is 1.95 bits per heavy atom. The van der Waals surface area contributed by atoms with Crippen LogP contribution < -0.4 is 5.32 Å². The molecule has 0 atom stereocenters. The molecule has 2 nitrogen and oxygen atoms in total. The van der Waals surface area contributed by atoms with Crippen molar-refractivity contribution in [1.82, 2.24) is 10.3 Å². The van der Waals surface area contributed by atoms with E-state index in [1.807, 2.05) is 6.07 Å². The molecule has 1 saturated carbocycles. The second-order valence-electron chi connectivity index (χ2n) is 5.90. The van der Waals surface area contributed by atoms with Gasteiger partial charge in [-0.1, -0.05) is 48.2 Å². The van der Waals surface area contributed by atoms with Crippen molar-refractivity contribution in [3.8, 4) is 0 Å². The summed E-state index contributed by atoms with van der Waals surface area (Å²) < 4.78 is 0. The summed E-state index contributed by atoms with van der Waals surface area (Å²) in [5, 5.41) is 6.72. The molecule has 1 aromatic carbocycles. The third-order valence-corrected chi connectivity index (χ3v) is 4.88. The van der Waals surface area contributed by atoms with Gasteiger partial charge in [-0.15, -0.1) is 0 Å². The Morgan fingerprint density at radius 3 is 2.70 bits per heavy atom. The standard InChI is InChI=1S/C16H18Cl2N2/c1-16(6-2-3-7-16)20-9-11-4-5-12-13(8-11)15(18)19-10-14(12)17/h4-5,8,10,20H,2-3,6-7,9H2,1H3. The zero-order valence-electron chi connectivity index (χ0n) is 11.5. The molecular formula is C16H18Cl2N2. The topological polar surface area (TPSA) is 24.9 Å². The lowest BCUT2D eigenvalue weighted by Gasteiger charge is -2.25. The molecule has 0 amide bonds. The fraction of sp³-hybridized carbons (Fsp3) is 0.438. The first-order valence-electron chi connectivity index (χ1n) is 7.05. The molecule has 0 radical (unpaired) electrons. The smallest absolute Gasteiger partial charge is 0.136 e. The Kier molecular flexibility index (Phi) is 3.89. The maximum absolute atomic E-state index is 6.17. The highest BCUT2D eigenvalue weighted by Gasteiger charge is 2.27.